The van der Waals surface area contributed by atoms with Crippen molar-refractivity contribution in [2.24, 2.45) is 0 Å². The van der Waals surface area contributed by atoms with E-state index < -0.39 is 0 Å². The van der Waals surface area contributed by atoms with Crippen LogP contribution in [0.15, 0.2) is 36.7 Å². The van der Waals surface area contributed by atoms with Crippen molar-refractivity contribution in [1.29, 1.82) is 0 Å². The van der Waals surface area contributed by atoms with Crippen LogP contribution in [0.5, 0.6) is 5.75 Å². The second-order valence-corrected chi connectivity index (χ2v) is 7.36. The van der Waals surface area contributed by atoms with Crippen LogP contribution in [0.4, 0.5) is 0 Å². The lowest BCUT2D eigenvalue weighted by Gasteiger charge is -2.41. The molecule has 0 amide bonds. The smallest absolute Gasteiger partial charge is 0.121 e. The van der Waals surface area contributed by atoms with Crippen molar-refractivity contribution < 1.29 is 9.84 Å². The molecule has 6 heteroatoms. The molecule has 6 nitrogen and oxygen atoms in total. The Balaban J connectivity index is 1.53. The van der Waals surface area contributed by atoms with Crippen molar-refractivity contribution in [2.75, 3.05) is 39.9 Å². The summed E-state index contributed by atoms with van der Waals surface area (Å²) in [6.45, 7) is 8.44. The molecule has 0 spiro atoms. The highest BCUT2D eigenvalue weighted by Crippen LogP contribution is 2.22. The molecule has 27 heavy (non-hydrogen) atoms. The van der Waals surface area contributed by atoms with Gasteiger partial charge in [0.15, 0.2) is 0 Å². The molecule has 1 aliphatic heterocycles. The molecule has 2 heterocycles. The molecular weight excluding hydrogens is 340 g/mol. The van der Waals surface area contributed by atoms with E-state index in [-0.39, 0.29) is 6.61 Å². The van der Waals surface area contributed by atoms with Crippen LogP contribution in [0, 0.1) is 6.92 Å². The Kier molecular flexibility index (Phi) is 7.26. The van der Waals surface area contributed by atoms with E-state index in [0.717, 1.165) is 57.9 Å². The van der Waals surface area contributed by atoms with Gasteiger partial charge in [0, 0.05) is 64.3 Å². The van der Waals surface area contributed by atoms with Gasteiger partial charge in [-0.15, -0.1) is 0 Å². The fraction of sp³-hybridized carbons (Fsp3) is 0.571. The highest BCUT2D eigenvalue weighted by Gasteiger charge is 2.26. The van der Waals surface area contributed by atoms with Gasteiger partial charge in [0.1, 0.15) is 5.75 Å². The number of nitrogens with zero attached hydrogens (tertiary/aromatic N) is 4. The first kappa shape index (κ1) is 19.9. The number of hydrogen-bond donors (Lipinski definition) is 1. The van der Waals surface area contributed by atoms with Gasteiger partial charge < -0.3 is 14.7 Å². The van der Waals surface area contributed by atoms with E-state index in [9.17, 15) is 5.11 Å². The summed E-state index contributed by atoms with van der Waals surface area (Å²) in [5.41, 5.74) is 2.48. The molecule has 1 aromatic carbocycles. The fourth-order valence-electron chi connectivity index (χ4n) is 3.95. The molecule has 1 aliphatic rings. The summed E-state index contributed by atoms with van der Waals surface area (Å²) in [5.74, 6) is 0.938. The predicted molar refractivity (Wildman–Crippen MR) is 107 cm³/mol. The Labute approximate surface area is 162 Å². The molecule has 1 atom stereocenters. The fourth-order valence-corrected chi connectivity index (χ4v) is 3.95. The standard InChI is InChI=1S/C21H32N4O2/c1-18-15-19(5-6-21(18)27-2)16-24-13-12-23(17-20(24)7-14-26)9-4-11-25-10-3-8-22-25/h3,5-6,8,10,15,20,26H,4,7,9,11-14,16-17H2,1-2H3. The molecule has 0 saturated carbocycles. The van der Waals surface area contributed by atoms with Crippen molar-refractivity contribution in [3.05, 3.63) is 47.8 Å². The van der Waals surface area contributed by atoms with Crippen LogP contribution in [0.2, 0.25) is 0 Å². The number of aliphatic hydroxyl groups excluding tert-OH is 1. The first-order valence-corrected chi connectivity index (χ1v) is 9.88. The van der Waals surface area contributed by atoms with Gasteiger partial charge in [-0.3, -0.25) is 9.58 Å². The number of aryl methyl sites for hydroxylation is 2. The summed E-state index contributed by atoms with van der Waals surface area (Å²) in [5, 5.41) is 13.8. The van der Waals surface area contributed by atoms with Crippen LogP contribution in [0.25, 0.3) is 0 Å². The van der Waals surface area contributed by atoms with Crippen LogP contribution < -0.4 is 4.74 Å². The third-order valence-corrected chi connectivity index (χ3v) is 5.42. The Morgan fingerprint density at radius 2 is 2.15 bits per heavy atom. The molecule has 0 bridgehead atoms. The molecule has 0 radical (unpaired) electrons. The quantitative estimate of drug-likeness (QED) is 0.731. The minimum absolute atomic E-state index is 0.240. The van der Waals surface area contributed by atoms with Gasteiger partial charge >= 0.3 is 0 Å². The van der Waals surface area contributed by atoms with Gasteiger partial charge in [0.2, 0.25) is 0 Å². The predicted octanol–water partition coefficient (Wildman–Crippen LogP) is 2.16. The number of aromatic nitrogens is 2. The Morgan fingerprint density at radius 1 is 1.26 bits per heavy atom. The monoisotopic (exact) mass is 372 g/mol. The van der Waals surface area contributed by atoms with Crippen molar-refractivity contribution in [3.63, 3.8) is 0 Å². The molecular formula is C21H32N4O2. The molecule has 1 unspecified atom stereocenters. The van der Waals surface area contributed by atoms with Crippen LogP contribution in [-0.2, 0) is 13.1 Å². The normalized spacial score (nSPS) is 18.7. The Morgan fingerprint density at radius 3 is 2.85 bits per heavy atom. The topological polar surface area (TPSA) is 53.8 Å². The van der Waals surface area contributed by atoms with E-state index in [4.69, 9.17) is 4.74 Å². The number of benzene rings is 1. The van der Waals surface area contributed by atoms with E-state index in [2.05, 4.69) is 40.0 Å². The first-order chi connectivity index (χ1) is 13.2. The lowest BCUT2D eigenvalue weighted by Crippen LogP contribution is -2.53. The van der Waals surface area contributed by atoms with Crippen LogP contribution in [0.3, 0.4) is 0 Å². The number of rotatable bonds is 9. The van der Waals surface area contributed by atoms with Gasteiger partial charge in [-0.1, -0.05) is 12.1 Å². The second kappa shape index (κ2) is 9.88. The average Bonchev–Trinajstić information content (AvgIpc) is 3.18. The van der Waals surface area contributed by atoms with E-state index in [1.165, 1.54) is 11.1 Å². The molecule has 1 aromatic heterocycles. The Bertz CT molecular complexity index is 689. The van der Waals surface area contributed by atoms with Crippen molar-refractivity contribution >= 4 is 0 Å². The molecule has 148 valence electrons. The second-order valence-electron chi connectivity index (χ2n) is 7.36. The summed E-state index contributed by atoms with van der Waals surface area (Å²) in [4.78, 5) is 5.04. The van der Waals surface area contributed by atoms with Crippen LogP contribution in [0.1, 0.15) is 24.0 Å². The summed E-state index contributed by atoms with van der Waals surface area (Å²) in [6.07, 6.45) is 5.77. The lowest BCUT2D eigenvalue weighted by molar-refractivity contribution is 0.0525. The highest BCUT2D eigenvalue weighted by atomic mass is 16.5. The van der Waals surface area contributed by atoms with Gasteiger partial charge in [0.25, 0.3) is 0 Å². The zero-order chi connectivity index (χ0) is 19.1. The number of ether oxygens (including phenoxy) is 1. The van der Waals surface area contributed by atoms with Crippen LogP contribution >= 0.6 is 0 Å². The third-order valence-electron chi connectivity index (χ3n) is 5.42. The van der Waals surface area contributed by atoms with Crippen molar-refractivity contribution in [2.45, 2.75) is 38.9 Å². The molecule has 0 aliphatic carbocycles. The zero-order valence-corrected chi connectivity index (χ0v) is 16.5. The van der Waals surface area contributed by atoms with Gasteiger partial charge in [0.05, 0.1) is 7.11 Å². The zero-order valence-electron chi connectivity index (χ0n) is 16.5. The maximum Gasteiger partial charge on any atom is 0.121 e. The van der Waals surface area contributed by atoms with E-state index >= 15 is 0 Å². The van der Waals surface area contributed by atoms with Gasteiger partial charge in [-0.05, 0) is 43.0 Å². The Hall–Kier alpha value is -1.89. The summed E-state index contributed by atoms with van der Waals surface area (Å²) in [6, 6.07) is 8.79. The minimum Gasteiger partial charge on any atom is -0.496 e. The van der Waals surface area contributed by atoms with E-state index in [1.54, 1.807) is 7.11 Å². The summed E-state index contributed by atoms with van der Waals surface area (Å²) >= 11 is 0. The molecule has 3 rings (SSSR count). The number of piperazine rings is 1. The molecule has 1 saturated heterocycles. The van der Waals surface area contributed by atoms with Gasteiger partial charge in [-0.25, -0.2) is 0 Å². The highest BCUT2D eigenvalue weighted by molar-refractivity contribution is 5.36. The summed E-state index contributed by atoms with van der Waals surface area (Å²) in [7, 11) is 1.71. The molecule has 1 fully saturated rings. The van der Waals surface area contributed by atoms with E-state index in [1.807, 2.05) is 23.1 Å². The third kappa shape index (κ3) is 5.54. The molecule has 1 N–H and O–H groups in total. The average molecular weight is 373 g/mol. The summed E-state index contributed by atoms with van der Waals surface area (Å²) < 4.78 is 7.36. The van der Waals surface area contributed by atoms with Crippen molar-refractivity contribution in [3.8, 4) is 5.75 Å². The largest absolute Gasteiger partial charge is 0.496 e. The number of methoxy groups -OCH3 is 1. The van der Waals surface area contributed by atoms with Crippen molar-refractivity contribution in [1.82, 2.24) is 19.6 Å². The minimum atomic E-state index is 0.240. The van der Waals surface area contributed by atoms with Crippen LogP contribution in [-0.4, -0.2) is 70.6 Å². The number of hydrogen-bond acceptors (Lipinski definition) is 5. The SMILES string of the molecule is COc1ccc(CN2CCN(CCCn3cccn3)CC2CCO)cc1C. The van der Waals surface area contributed by atoms with Gasteiger partial charge in [-0.2, -0.15) is 5.10 Å². The molecule has 2 aromatic rings. The van der Waals surface area contributed by atoms with E-state index in [0.29, 0.717) is 6.04 Å². The maximum atomic E-state index is 9.53. The number of aliphatic hydroxyl groups is 1. The maximum absolute atomic E-state index is 9.53. The first-order valence-electron chi connectivity index (χ1n) is 9.88. The lowest BCUT2D eigenvalue weighted by atomic mass is 10.1.